The molecule has 0 unspecified atom stereocenters. The summed E-state index contributed by atoms with van der Waals surface area (Å²) >= 11 is 0. The molecule has 7 heteroatoms. The van der Waals surface area contributed by atoms with Gasteiger partial charge in [-0.25, -0.2) is 8.42 Å². The molecule has 6 nitrogen and oxygen atoms in total. The molecule has 2 aromatic rings. The van der Waals surface area contributed by atoms with E-state index in [0.717, 1.165) is 24.7 Å². The molecule has 1 heterocycles. The first-order chi connectivity index (χ1) is 14.1. The number of carbonyl (C=O) groups is 1. The molecule has 0 fully saturated rings. The highest BCUT2D eigenvalue weighted by Gasteiger charge is 2.35. The number of amides is 1. The third-order valence-electron chi connectivity index (χ3n) is 5.17. The Hall–Kier alpha value is -2.54. The van der Waals surface area contributed by atoms with E-state index in [1.165, 1.54) is 9.87 Å². The second kappa shape index (κ2) is 8.68. The number of nitrogens with zero attached hydrogens (tertiary/aromatic N) is 1. The maximum atomic E-state index is 12.7. The van der Waals surface area contributed by atoms with Crippen LogP contribution in [-0.4, -0.2) is 39.8 Å². The number of sulfonamides is 1. The van der Waals surface area contributed by atoms with Crippen LogP contribution in [0.15, 0.2) is 48.5 Å². The first kappa shape index (κ1) is 22.2. The first-order valence-corrected chi connectivity index (χ1v) is 12.0. The molecule has 0 spiro atoms. The van der Waals surface area contributed by atoms with E-state index in [4.69, 9.17) is 4.74 Å². The van der Waals surface area contributed by atoms with Gasteiger partial charge in [-0.15, -0.1) is 0 Å². The number of nitrogens with one attached hydrogen (secondary N) is 1. The molecule has 0 saturated heterocycles. The lowest BCUT2D eigenvalue weighted by Gasteiger charge is -2.35. The minimum absolute atomic E-state index is 0.0377. The quantitative estimate of drug-likeness (QED) is 0.714. The minimum Gasteiger partial charge on any atom is -0.476 e. The Morgan fingerprint density at radius 2 is 1.87 bits per heavy atom. The largest absolute Gasteiger partial charge is 0.476 e. The average Bonchev–Trinajstić information content (AvgIpc) is 2.69. The van der Waals surface area contributed by atoms with Crippen LogP contribution in [-0.2, 0) is 26.7 Å². The standard InChI is InChI=1S/C23H30N2O4S/c1-23(2,3)18-12-13-20-19(15-18)25(30(4,27)28)16-21(29-20)22(26)24-14-8-11-17-9-6-5-7-10-17/h5-7,9-10,12-13,15,21H,8,11,14,16H2,1-4H3,(H,24,26)/t21-/m1/s1. The lowest BCUT2D eigenvalue weighted by molar-refractivity contribution is -0.127. The van der Waals surface area contributed by atoms with Gasteiger partial charge in [0, 0.05) is 6.54 Å². The Labute approximate surface area is 179 Å². The summed E-state index contributed by atoms with van der Waals surface area (Å²) in [5.74, 6) is 0.103. The molecule has 0 aromatic heterocycles. The van der Waals surface area contributed by atoms with Crippen LogP contribution in [0.1, 0.15) is 38.3 Å². The van der Waals surface area contributed by atoms with Gasteiger partial charge in [-0.2, -0.15) is 0 Å². The summed E-state index contributed by atoms with van der Waals surface area (Å²) in [4.78, 5) is 12.7. The van der Waals surface area contributed by atoms with Crippen LogP contribution in [0.2, 0.25) is 0 Å². The fourth-order valence-corrected chi connectivity index (χ4v) is 4.34. The van der Waals surface area contributed by atoms with E-state index in [0.29, 0.717) is 18.0 Å². The van der Waals surface area contributed by atoms with Crippen LogP contribution in [0.3, 0.4) is 0 Å². The molecular formula is C23H30N2O4S. The SMILES string of the molecule is CC(C)(C)c1ccc2c(c1)N(S(C)(=O)=O)C[C@H](C(=O)NCCCc1ccccc1)O2. The molecule has 1 aliphatic heterocycles. The summed E-state index contributed by atoms with van der Waals surface area (Å²) in [5.41, 5.74) is 2.57. The number of anilines is 1. The van der Waals surface area contributed by atoms with Gasteiger partial charge in [0.2, 0.25) is 10.0 Å². The molecule has 1 N–H and O–H groups in total. The number of fused-ring (bicyclic) bond motifs is 1. The normalized spacial score (nSPS) is 16.5. The van der Waals surface area contributed by atoms with Gasteiger partial charge in [-0.1, -0.05) is 57.2 Å². The van der Waals surface area contributed by atoms with E-state index in [2.05, 4.69) is 38.2 Å². The lowest BCUT2D eigenvalue weighted by Crippen LogP contribution is -2.50. The molecule has 0 radical (unpaired) electrons. The van der Waals surface area contributed by atoms with Gasteiger partial charge < -0.3 is 10.1 Å². The topological polar surface area (TPSA) is 75.7 Å². The third-order valence-corrected chi connectivity index (χ3v) is 6.32. The number of ether oxygens (including phenoxy) is 1. The predicted octanol–water partition coefficient (Wildman–Crippen LogP) is 3.26. The zero-order valence-corrected chi connectivity index (χ0v) is 18.8. The van der Waals surface area contributed by atoms with Gasteiger partial charge in [-0.05, 0) is 41.5 Å². The Bertz CT molecular complexity index is 998. The van der Waals surface area contributed by atoms with Crippen molar-refractivity contribution >= 4 is 21.6 Å². The van der Waals surface area contributed by atoms with Crippen molar-refractivity contribution in [3.63, 3.8) is 0 Å². The highest BCUT2D eigenvalue weighted by atomic mass is 32.2. The van der Waals surface area contributed by atoms with E-state index < -0.39 is 16.1 Å². The van der Waals surface area contributed by atoms with E-state index in [9.17, 15) is 13.2 Å². The molecule has 1 atom stereocenters. The van der Waals surface area contributed by atoms with Crippen LogP contribution in [0.5, 0.6) is 5.75 Å². The number of carbonyl (C=O) groups excluding carboxylic acids is 1. The summed E-state index contributed by atoms with van der Waals surface area (Å²) < 4.78 is 32.0. The van der Waals surface area contributed by atoms with Crippen molar-refractivity contribution in [1.29, 1.82) is 0 Å². The Kier molecular flexibility index (Phi) is 6.41. The van der Waals surface area contributed by atoms with Crippen molar-refractivity contribution in [2.75, 3.05) is 23.7 Å². The fraction of sp³-hybridized carbons (Fsp3) is 0.435. The molecule has 1 aliphatic rings. The number of hydrogen-bond donors (Lipinski definition) is 1. The summed E-state index contributed by atoms with van der Waals surface area (Å²) in [6.45, 7) is 6.66. The van der Waals surface area contributed by atoms with Crippen LogP contribution in [0, 0.1) is 0 Å². The molecular weight excluding hydrogens is 400 g/mol. The number of aryl methyl sites for hydroxylation is 1. The van der Waals surface area contributed by atoms with Crippen LogP contribution in [0.4, 0.5) is 5.69 Å². The van der Waals surface area contributed by atoms with E-state index in [1.807, 2.05) is 30.3 Å². The van der Waals surface area contributed by atoms with E-state index in [-0.39, 0.29) is 17.9 Å². The smallest absolute Gasteiger partial charge is 0.263 e. The zero-order valence-electron chi connectivity index (χ0n) is 18.0. The minimum atomic E-state index is -3.56. The number of benzene rings is 2. The molecule has 30 heavy (non-hydrogen) atoms. The summed E-state index contributed by atoms with van der Waals surface area (Å²) in [6.07, 6.45) is 1.93. The van der Waals surface area contributed by atoms with Crippen molar-refractivity contribution in [3.8, 4) is 5.75 Å². The summed E-state index contributed by atoms with van der Waals surface area (Å²) in [7, 11) is -3.56. The molecule has 3 rings (SSSR count). The molecule has 0 aliphatic carbocycles. The maximum Gasteiger partial charge on any atom is 0.263 e. The number of hydrogen-bond acceptors (Lipinski definition) is 4. The predicted molar refractivity (Wildman–Crippen MR) is 120 cm³/mol. The Morgan fingerprint density at radius 1 is 1.17 bits per heavy atom. The van der Waals surface area contributed by atoms with Gasteiger partial charge in [0.15, 0.2) is 6.10 Å². The number of rotatable bonds is 6. The zero-order chi connectivity index (χ0) is 21.9. The molecule has 0 bridgehead atoms. The van der Waals surface area contributed by atoms with Gasteiger partial charge in [-0.3, -0.25) is 9.10 Å². The van der Waals surface area contributed by atoms with Crippen molar-refractivity contribution in [1.82, 2.24) is 5.32 Å². The van der Waals surface area contributed by atoms with Crippen LogP contribution < -0.4 is 14.4 Å². The van der Waals surface area contributed by atoms with E-state index in [1.54, 1.807) is 6.07 Å². The highest BCUT2D eigenvalue weighted by Crippen LogP contribution is 2.38. The Balaban J connectivity index is 1.69. The van der Waals surface area contributed by atoms with Gasteiger partial charge in [0.05, 0.1) is 18.5 Å². The van der Waals surface area contributed by atoms with Crippen molar-refractivity contribution in [2.45, 2.75) is 45.1 Å². The van der Waals surface area contributed by atoms with Crippen molar-refractivity contribution in [2.24, 2.45) is 0 Å². The van der Waals surface area contributed by atoms with Crippen molar-refractivity contribution < 1.29 is 17.9 Å². The maximum absolute atomic E-state index is 12.7. The third kappa shape index (κ3) is 5.33. The second-order valence-electron chi connectivity index (χ2n) is 8.71. The van der Waals surface area contributed by atoms with Gasteiger partial charge >= 0.3 is 0 Å². The van der Waals surface area contributed by atoms with Crippen molar-refractivity contribution in [3.05, 3.63) is 59.7 Å². The van der Waals surface area contributed by atoms with Crippen LogP contribution >= 0.6 is 0 Å². The van der Waals surface area contributed by atoms with E-state index >= 15 is 0 Å². The van der Waals surface area contributed by atoms with Gasteiger partial charge in [0.1, 0.15) is 5.75 Å². The monoisotopic (exact) mass is 430 g/mol. The fourth-order valence-electron chi connectivity index (χ4n) is 3.43. The second-order valence-corrected chi connectivity index (χ2v) is 10.6. The lowest BCUT2D eigenvalue weighted by atomic mass is 9.86. The van der Waals surface area contributed by atoms with Gasteiger partial charge in [0.25, 0.3) is 5.91 Å². The Morgan fingerprint density at radius 3 is 2.50 bits per heavy atom. The molecule has 1 amide bonds. The molecule has 162 valence electrons. The molecule has 2 aromatic carbocycles. The summed E-state index contributed by atoms with van der Waals surface area (Å²) in [5, 5.41) is 2.88. The first-order valence-electron chi connectivity index (χ1n) is 10.2. The summed E-state index contributed by atoms with van der Waals surface area (Å²) in [6, 6.07) is 15.6. The molecule has 0 saturated carbocycles. The van der Waals surface area contributed by atoms with Crippen LogP contribution in [0.25, 0.3) is 0 Å². The average molecular weight is 431 g/mol. The highest BCUT2D eigenvalue weighted by molar-refractivity contribution is 7.92.